The average molecular weight is 190 g/mol. The van der Waals surface area contributed by atoms with Crippen molar-refractivity contribution in [3.05, 3.63) is 17.8 Å². The van der Waals surface area contributed by atoms with E-state index < -0.39 is 0 Å². The van der Waals surface area contributed by atoms with Gasteiger partial charge in [-0.2, -0.15) is 0 Å². The quantitative estimate of drug-likeness (QED) is 0.786. The molecule has 74 valence electrons. The van der Waals surface area contributed by atoms with Gasteiger partial charge in [-0.25, -0.2) is 15.0 Å². The fourth-order valence-electron chi connectivity index (χ4n) is 1.43. The summed E-state index contributed by atoms with van der Waals surface area (Å²) in [6, 6.07) is 0. The largest absolute Gasteiger partial charge is 0.340 e. The van der Waals surface area contributed by atoms with Crippen LogP contribution in [0.2, 0.25) is 0 Å². The number of fused-ring (bicyclic) bond motifs is 1. The molecule has 0 amide bonds. The predicted molar refractivity (Wildman–Crippen MR) is 55.0 cm³/mol. The summed E-state index contributed by atoms with van der Waals surface area (Å²) in [6.07, 6.45) is 2.71. The Bertz CT molecular complexity index is 444. The maximum atomic E-state index is 4.38. The van der Waals surface area contributed by atoms with Crippen molar-refractivity contribution >= 4 is 11.2 Å². The van der Waals surface area contributed by atoms with Crippen LogP contribution in [0.15, 0.2) is 6.20 Å². The molecular weight excluding hydrogens is 176 g/mol. The molecule has 0 unspecified atom stereocenters. The standard InChI is InChI=1S/C10H14N4/c1-6(2)4-9-11-5-8-10(14-9)13-7(3)12-8/h5-6H,4H2,1-3H3,(H,11,12,13,14). The number of aryl methyl sites for hydroxylation is 1. The number of imidazole rings is 1. The van der Waals surface area contributed by atoms with Crippen molar-refractivity contribution in [1.29, 1.82) is 0 Å². The van der Waals surface area contributed by atoms with Crippen LogP contribution in [0.25, 0.3) is 11.2 Å². The molecule has 2 heterocycles. The van der Waals surface area contributed by atoms with Crippen LogP contribution in [0, 0.1) is 12.8 Å². The van der Waals surface area contributed by atoms with Gasteiger partial charge in [0.1, 0.15) is 17.2 Å². The van der Waals surface area contributed by atoms with E-state index in [0.29, 0.717) is 5.92 Å². The predicted octanol–water partition coefficient (Wildman–Crippen LogP) is 1.86. The summed E-state index contributed by atoms with van der Waals surface area (Å²) in [5.74, 6) is 2.34. The number of nitrogens with one attached hydrogen (secondary N) is 1. The number of hydrogen-bond donors (Lipinski definition) is 1. The highest BCUT2D eigenvalue weighted by atomic mass is 15.0. The topological polar surface area (TPSA) is 54.5 Å². The summed E-state index contributed by atoms with van der Waals surface area (Å²) < 4.78 is 0. The summed E-state index contributed by atoms with van der Waals surface area (Å²) >= 11 is 0. The normalized spacial score (nSPS) is 11.4. The zero-order valence-electron chi connectivity index (χ0n) is 8.70. The third kappa shape index (κ3) is 1.73. The van der Waals surface area contributed by atoms with Crippen LogP contribution in [0.3, 0.4) is 0 Å². The molecule has 0 atom stereocenters. The first kappa shape index (κ1) is 9.12. The average Bonchev–Trinajstić information content (AvgIpc) is 2.42. The molecule has 0 aliphatic rings. The van der Waals surface area contributed by atoms with Gasteiger partial charge < -0.3 is 4.98 Å². The molecule has 0 saturated heterocycles. The van der Waals surface area contributed by atoms with Gasteiger partial charge in [-0.3, -0.25) is 0 Å². The lowest BCUT2D eigenvalue weighted by atomic mass is 10.1. The molecule has 4 nitrogen and oxygen atoms in total. The highest BCUT2D eigenvalue weighted by Gasteiger charge is 2.05. The first-order valence-corrected chi connectivity index (χ1v) is 4.83. The third-order valence-corrected chi connectivity index (χ3v) is 2.00. The number of aromatic amines is 1. The van der Waals surface area contributed by atoms with Crippen LogP contribution in [0.4, 0.5) is 0 Å². The zero-order valence-corrected chi connectivity index (χ0v) is 8.70. The Hall–Kier alpha value is -1.45. The van der Waals surface area contributed by atoms with Crippen molar-refractivity contribution in [2.24, 2.45) is 5.92 Å². The molecule has 0 aliphatic heterocycles. The van der Waals surface area contributed by atoms with Crippen LogP contribution in [-0.2, 0) is 6.42 Å². The molecular formula is C10H14N4. The van der Waals surface area contributed by atoms with Gasteiger partial charge in [-0.05, 0) is 12.8 Å². The van der Waals surface area contributed by atoms with E-state index >= 15 is 0 Å². The summed E-state index contributed by atoms with van der Waals surface area (Å²) in [4.78, 5) is 16.0. The fourth-order valence-corrected chi connectivity index (χ4v) is 1.43. The Morgan fingerprint density at radius 2 is 2.14 bits per heavy atom. The van der Waals surface area contributed by atoms with Crippen molar-refractivity contribution in [2.45, 2.75) is 27.2 Å². The minimum atomic E-state index is 0.576. The van der Waals surface area contributed by atoms with Gasteiger partial charge in [0, 0.05) is 6.42 Å². The molecule has 4 heteroatoms. The molecule has 0 bridgehead atoms. The maximum absolute atomic E-state index is 4.38. The molecule has 0 saturated carbocycles. The molecule has 2 aromatic rings. The van der Waals surface area contributed by atoms with Gasteiger partial charge in [0.15, 0.2) is 5.65 Å². The van der Waals surface area contributed by atoms with Crippen molar-refractivity contribution in [3.8, 4) is 0 Å². The van der Waals surface area contributed by atoms with Gasteiger partial charge in [0.2, 0.25) is 0 Å². The number of H-pyrrole nitrogens is 1. The molecule has 0 fully saturated rings. The lowest BCUT2D eigenvalue weighted by Gasteiger charge is -2.01. The van der Waals surface area contributed by atoms with Crippen LogP contribution in [0.1, 0.15) is 25.5 Å². The molecule has 14 heavy (non-hydrogen) atoms. The lowest BCUT2D eigenvalue weighted by Crippen LogP contribution is -2.00. The van der Waals surface area contributed by atoms with Crippen molar-refractivity contribution in [1.82, 2.24) is 19.9 Å². The SMILES string of the molecule is Cc1nc2nc(CC(C)C)ncc2[nH]1. The maximum Gasteiger partial charge on any atom is 0.181 e. The van der Waals surface area contributed by atoms with E-state index in [9.17, 15) is 0 Å². The van der Waals surface area contributed by atoms with Crippen molar-refractivity contribution in [2.75, 3.05) is 0 Å². The van der Waals surface area contributed by atoms with Crippen LogP contribution in [0.5, 0.6) is 0 Å². The Morgan fingerprint density at radius 3 is 2.86 bits per heavy atom. The minimum Gasteiger partial charge on any atom is -0.340 e. The van der Waals surface area contributed by atoms with E-state index in [1.165, 1.54) is 0 Å². The highest BCUT2D eigenvalue weighted by molar-refractivity contribution is 5.68. The second-order valence-electron chi connectivity index (χ2n) is 3.94. The highest BCUT2D eigenvalue weighted by Crippen LogP contribution is 2.09. The van der Waals surface area contributed by atoms with Gasteiger partial charge >= 0.3 is 0 Å². The molecule has 0 aromatic carbocycles. The Kier molecular flexibility index (Phi) is 2.19. The van der Waals surface area contributed by atoms with E-state index in [-0.39, 0.29) is 0 Å². The zero-order chi connectivity index (χ0) is 10.1. The van der Waals surface area contributed by atoms with E-state index in [1.54, 1.807) is 6.20 Å². The number of aromatic nitrogens is 4. The van der Waals surface area contributed by atoms with Crippen molar-refractivity contribution < 1.29 is 0 Å². The number of nitrogens with zero attached hydrogens (tertiary/aromatic N) is 3. The number of rotatable bonds is 2. The second kappa shape index (κ2) is 3.36. The van der Waals surface area contributed by atoms with E-state index in [1.807, 2.05) is 6.92 Å². The number of hydrogen-bond acceptors (Lipinski definition) is 3. The van der Waals surface area contributed by atoms with Crippen LogP contribution < -0.4 is 0 Å². The summed E-state index contributed by atoms with van der Waals surface area (Å²) in [5, 5.41) is 0. The van der Waals surface area contributed by atoms with E-state index in [4.69, 9.17) is 0 Å². The molecule has 2 rings (SSSR count). The summed E-state index contributed by atoms with van der Waals surface area (Å²) in [6.45, 7) is 6.23. The Morgan fingerprint density at radius 1 is 1.36 bits per heavy atom. The minimum absolute atomic E-state index is 0.576. The van der Waals surface area contributed by atoms with E-state index in [2.05, 4.69) is 33.8 Å². The monoisotopic (exact) mass is 190 g/mol. The first-order valence-electron chi connectivity index (χ1n) is 4.83. The summed E-state index contributed by atoms with van der Waals surface area (Å²) in [7, 11) is 0. The smallest absolute Gasteiger partial charge is 0.181 e. The molecule has 2 aromatic heterocycles. The fraction of sp³-hybridized carbons (Fsp3) is 0.500. The summed E-state index contributed by atoms with van der Waals surface area (Å²) in [5.41, 5.74) is 1.68. The van der Waals surface area contributed by atoms with Gasteiger partial charge in [-0.15, -0.1) is 0 Å². The second-order valence-corrected chi connectivity index (χ2v) is 3.94. The van der Waals surface area contributed by atoms with Crippen molar-refractivity contribution in [3.63, 3.8) is 0 Å². The molecule has 0 spiro atoms. The Labute approximate surface area is 82.8 Å². The molecule has 0 radical (unpaired) electrons. The van der Waals surface area contributed by atoms with Crippen LogP contribution >= 0.6 is 0 Å². The van der Waals surface area contributed by atoms with Gasteiger partial charge in [0.25, 0.3) is 0 Å². The van der Waals surface area contributed by atoms with E-state index in [0.717, 1.165) is 29.2 Å². The van der Waals surface area contributed by atoms with Gasteiger partial charge in [0.05, 0.1) is 6.20 Å². The molecule has 1 N–H and O–H groups in total. The Balaban J connectivity index is 2.40. The van der Waals surface area contributed by atoms with Gasteiger partial charge in [-0.1, -0.05) is 13.8 Å². The van der Waals surface area contributed by atoms with Crippen LogP contribution in [-0.4, -0.2) is 19.9 Å². The third-order valence-electron chi connectivity index (χ3n) is 2.00. The first-order chi connectivity index (χ1) is 6.65. The molecule has 0 aliphatic carbocycles. The lowest BCUT2D eigenvalue weighted by molar-refractivity contribution is 0.622.